The third kappa shape index (κ3) is 5.79. The molecule has 0 aliphatic carbocycles. The summed E-state index contributed by atoms with van der Waals surface area (Å²) in [5.74, 6) is 0.823. The van der Waals surface area contributed by atoms with Gasteiger partial charge in [0.1, 0.15) is 5.75 Å². The molecular weight excluding hydrogens is 348 g/mol. The highest BCUT2D eigenvalue weighted by atomic mass is 32.1. The summed E-state index contributed by atoms with van der Waals surface area (Å²) in [5.41, 5.74) is 1.00. The van der Waals surface area contributed by atoms with Crippen molar-refractivity contribution in [3.05, 3.63) is 52.2 Å². The van der Waals surface area contributed by atoms with Crippen LogP contribution in [0.4, 0.5) is 0 Å². The number of β-amino-alcohol motifs (C(OH)–C–C–N with tert-alkyl or cyclic N) is 1. The lowest BCUT2D eigenvalue weighted by Gasteiger charge is -2.35. The summed E-state index contributed by atoms with van der Waals surface area (Å²) >= 11 is 1.82. The standard InChI is InChI=1S/C20H28N2O3S/c1-24-20-7-3-2-5-17(20)15-25-16-18(23)13-21-8-10-22(11-9-21)14-19-6-4-12-26-19/h2-7,12,18,23H,8-11,13-16H2,1H3. The van der Waals surface area contributed by atoms with Crippen molar-refractivity contribution in [1.82, 2.24) is 9.80 Å². The van der Waals surface area contributed by atoms with Gasteiger partial charge in [-0.25, -0.2) is 0 Å². The van der Waals surface area contributed by atoms with Crippen LogP contribution < -0.4 is 4.74 Å². The zero-order valence-corrected chi connectivity index (χ0v) is 16.2. The van der Waals surface area contributed by atoms with E-state index in [0.29, 0.717) is 19.8 Å². The Balaban J connectivity index is 1.33. The monoisotopic (exact) mass is 376 g/mol. The number of methoxy groups -OCH3 is 1. The smallest absolute Gasteiger partial charge is 0.124 e. The van der Waals surface area contributed by atoms with E-state index < -0.39 is 6.10 Å². The molecule has 0 spiro atoms. The number of rotatable bonds is 9. The quantitative estimate of drug-likeness (QED) is 0.728. The van der Waals surface area contributed by atoms with Crippen LogP contribution in [0, 0.1) is 0 Å². The summed E-state index contributed by atoms with van der Waals surface area (Å²) in [4.78, 5) is 6.22. The minimum atomic E-state index is -0.464. The fraction of sp³-hybridized carbons (Fsp3) is 0.500. The van der Waals surface area contributed by atoms with Crippen LogP contribution in [0.3, 0.4) is 0 Å². The van der Waals surface area contributed by atoms with E-state index in [9.17, 15) is 5.11 Å². The van der Waals surface area contributed by atoms with Crippen molar-refractivity contribution in [3.8, 4) is 5.75 Å². The predicted octanol–water partition coefficient (Wildman–Crippen LogP) is 2.45. The van der Waals surface area contributed by atoms with Crippen molar-refractivity contribution in [3.63, 3.8) is 0 Å². The Labute approximate surface area is 159 Å². The van der Waals surface area contributed by atoms with Crippen molar-refractivity contribution >= 4 is 11.3 Å². The number of hydrogen-bond donors (Lipinski definition) is 1. The molecule has 1 aromatic carbocycles. The van der Waals surface area contributed by atoms with Crippen LogP contribution in [-0.2, 0) is 17.9 Å². The number of thiophene rings is 1. The summed E-state index contributed by atoms with van der Waals surface area (Å²) in [6, 6.07) is 12.1. The molecule has 0 bridgehead atoms. The third-order valence-corrected chi connectivity index (χ3v) is 5.51. The minimum Gasteiger partial charge on any atom is -0.496 e. The van der Waals surface area contributed by atoms with Crippen molar-refractivity contribution in [2.24, 2.45) is 0 Å². The number of piperazine rings is 1. The largest absolute Gasteiger partial charge is 0.496 e. The van der Waals surface area contributed by atoms with E-state index in [2.05, 4.69) is 27.3 Å². The molecule has 1 N–H and O–H groups in total. The molecule has 1 atom stereocenters. The number of benzene rings is 1. The van der Waals surface area contributed by atoms with Gasteiger partial charge in [0.2, 0.25) is 0 Å². The molecule has 0 amide bonds. The molecule has 2 heterocycles. The van der Waals surface area contributed by atoms with Gasteiger partial charge in [0.15, 0.2) is 0 Å². The van der Waals surface area contributed by atoms with Crippen LogP contribution in [0.1, 0.15) is 10.4 Å². The van der Waals surface area contributed by atoms with Gasteiger partial charge in [-0.2, -0.15) is 0 Å². The molecule has 1 fully saturated rings. The van der Waals surface area contributed by atoms with Crippen LogP contribution >= 0.6 is 11.3 Å². The van der Waals surface area contributed by atoms with E-state index in [1.54, 1.807) is 7.11 Å². The first-order valence-electron chi connectivity index (χ1n) is 9.09. The topological polar surface area (TPSA) is 45.2 Å². The second-order valence-corrected chi connectivity index (χ2v) is 7.67. The number of aliphatic hydroxyl groups excluding tert-OH is 1. The maximum atomic E-state index is 10.3. The molecule has 1 aliphatic heterocycles. The van der Waals surface area contributed by atoms with Gasteiger partial charge in [-0.05, 0) is 17.5 Å². The van der Waals surface area contributed by atoms with Gasteiger partial charge >= 0.3 is 0 Å². The molecule has 26 heavy (non-hydrogen) atoms. The van der Waals surface area contributed by atoms with Gasteiger partial charge < -0.3 is 14.6 Å². The number of hydrogen-bond acceptors (Lipinski definition) is 6. The van der Waals surface area contributed by atoms with E-state index in [4.69, 9.17) is 9.47 Å². The lowest BCUT2D eigenvalue weighted by Crippen LogP contribution is -2.48. The second kappa shape index (κ2) is 10.0. The molecule has 1 aromatic heterocycles. The van der Waals surface area contributed by atoms with Crippen molar-refractivity contribution in [1.29, 1.82) is 0 Å². The Morgan fingerprint density at radius 1 is 1.08 bits per heavy atom. The number of aliphatic hydroxyl groups is 1. The molecule has 142 valence electrons. The highest BCUT2D eigenvalue weighted by Gasteiger charge is 2.19. The van der Waals surface area contributed by atoms with Gasteiger partial charge in [-0.15, -0.1) is 11.3 Å². The van der Waals surface area contributed by atoms with Gasteiger partial charge in [0, 0.05) is 49.7 Å². The highest BCUT2D eigenvalue weighted by Crippen LogP contribution is 2.18. The fourth-order valence-corrected chi connectivity index (χ4v) is 3.98. The van der Waals surface area contributed by atoms with Crippen LogP contribution in [0.5, 0.6) is 5.75 Å². The normalized spacial score (nSPS) is 17.3. The van der Waals surface area contributed by atoms with Crippen LogP contribution in [0.2, 0.25) is 0 Å². The second-order valence-electron chi connectivity index (χ2n) is 6.64. The van der Waals surface area contributed by atoms with Crippen LogP contribution in [0.25, 0.3) is 0 Å². The Hall–Kier alpha value is -1.44. The Bertz CT molecular complexity index is 642. The number of ether oxygens (including phenoxy) is 2. The van der Waals surface area contributed by atoms with E-state index in [1.165, 1.54) is 4.88 Å². The first kappa shape index (κ1) is 19.3. The third-order valence-electron chi connectivity index (χ3n) is 4.65. The summed E-state index contributed by atoms with van der Waals surface area (Å²) < 4.78 is 11.0. The van der Waals surface area contributed by atoms with Crippen molar-refractivity contribution in [2.45, 2.75) is 19.3 Å². The lowest BCUT2D eigenvalue weighted by atomic mass is 10.2. The molecule has 0 saturated carbocycles. The Morgan fingerprint density at radius 3 is 2.58 bits per heavy atom. The average Bonchev–Trinajstić information content (AvgIpc) is 3.17. The molecule has 3 rings (SSSR count). The zero-order chi connectivity index (χ0) is 18.2. The number of nitrogens with zero attached hydrogens (tertiary/aromatic N) is 2. The molecule has 1 unspecified atom stereocenters. The molecule has 1 saturated heterocycles. The molecule has 2 aromatic rings. The summed E-state index contributed by atoms with van der Waals surface area (Å²) in [6.45, 7) is 6.58. The maximum absolute atomic E-state index is 10.3. The predicted molar refractivity (Wildman–Crippen MR) is 105 cm³/mol. The zero-order valence-electron chi connectivity index (χ0n) is 15.3. The van der Waals surface area contributed by atoms with Gasteiger partial charge in [0.05, 0.1) is 26.4 Å². The van der Waals surface area contributed by atoms with E-state index >= 15 is 0 Å². The Morgan fingerprint density at radius 2 is 1.85 bits per heavy atom. The van der Waals surface area contributed by atoms with E-state index in [-0.39, 0.29) is 0 Å². The Kier molecular flexibility index (Phi) is 7.46. The first-order valence-corrected chi connectivity index (χ1v) is 9.97. The summed E-state index contributed by atoms with van der Waals surface area (Å²) in [7, 11) is 1.66. The first-order chi connectivity index (χ1) is 12.7. The van der Waals surface area contributed by atoms with E-state index in [0.717, 1.165) is 44.0 Å². The molecule has 6 heteroatoms. The lowest BCUT2D eigenvalue weighted by molar-refractivity contribution is 0.000548. The minimum absolute atomic E-state index is 0.341. The molecule has 5 nitrogen and oxygen atoms in total. The van der Waals surface area contributed by atoms with Gasteiger partial charge in [0.25, 0.3) is 0 Å². The van der Waals surface area contributed by atoms with Gasteiger partial charge in [-0.3, -0.25) is 9.80 Å². The van der Waals surface area contributed by atoms with Crippen molar-refractivity contribution in [2.75, 3.05) is 46.4 Å². The highest BCUT2D eigenvalue weighted by molar-refractivity contribution is 7.09. The van der Waals surface area contributed by atoms with Gasteiger partial charge in [-0.1, -0.05) is 24.3 Å². The van der Waals surface area contributed by atoms with Crippen LogP contribution in [0.15, 0.2) is 41.8 Å². The maximum Gasteiger partial charge on any atom is 0.124 e. The molecule has 0 radical (unpaired) electrons. The summed E-state index contributed by atoms with van der Waals surface area (Å²) in [6.07, 6.45) is -0.464. The molecular formula is C20H28N2O3S. The van der Waals surface area contributed by atoms with E-state index in [1.807, 2.05) is 35.6 Å². The number of para-hydroxylation sites is 1. The fourth-order valence-electron chi connectivity index (χ4n) is 3.23. The van der Waals surface area contributed by atoms with Crippen molar-refractivity contribution < 1.29 is 14.6 Å². The average molecular weight is 377 g/mol. The SMILES string of the molecule is COc1ccccc1COCC(O)CN1CCN(Cc2cccs2)CC1. The van der Waals surface area contributed by atoms with Crippen LogP contribution in [-0.4, -0.2) is 67.5 Å². The molecule has 1 aliphatic rings. The summed E-state index contributed by atoms with van der Waals surface area (Å²) in [5, 5.41) is 12.4.